The Morgan fingerprint density at radius 3 is 2.93 bits per heavy atom. The summed E-state index contributed by atoms with van der Waals surface area (Å²) in [6, 6.07) is 0. The monoisotopic (exact) mass is 214 g/mol. The molecule has 0 aromatic rings. The fraction of sp³-hybridized carbons (Fsp3) is 0.600. The van der Waals surface area contributed by atoms with Gasteiger partial charge < -0.3 is 9.47 Å². The maximum Gasteiger partial charge on any atom is 0.366 e. The zero-order valence-corrected chi connectivity index (χ0v) is 8.07. The summed E-state index contributed by atoms with van der Waals surface area (Å²) in [5.74, 6) is -2.68. The van der Waals surface area contributed by atoms with E-state index in [1.54, 1.807) is 0 Å². The van der Waals surface area contributed by atoms with Crippen LogP contribution in [-0.2, 0) is 19.1 Å². The number of hydrogen-bond donors (Lipinski definition) is 0. The van der Waals surface area contributed by atoms with E-state index in [-0.39, 0.29) is 24.4 Å². The molecule has 1 saturated carbocycles. The first-order valence-electron chi connectivity index (χ1n) is 4.81. The lowest BCUT2D eigenvalue weighted by molar-refractivity contribution is -0.148. The van der Waals surface area contributed by atoms with Gasteiger partial charge in [0, 0.05) is 5.92 Å². The topological polar surface area (TPSA) is 52.6 Å². The number of halogens is 1. The lowest BCUT2D eigenvalue weighted by atomic mass is 9.99. The third-order valence-electron chi connectivity index (χ3n) is 2.96. The highest BCUT2D eigenvalue weighted by atomic mass is 19.1. The number of carbonyl (C=O) groups excluding carboxylic acids is 2. The molecule has 2 aliphatic rings. The van der Waals surface area contributed by atoms with Crippen molar-refractivity contribution in [3.8, 4) is 0 Å². The summed E-state index contributed by atoms with van der Waals surface area (Å²) in [7, 11) is 0. The lowest BCUT2D eigenvalue weighted by Crippen LogP contribution is -2.25. The van der Waals surface area contributed by atoms with Crippen LogP contribution in [0.5, 0.6) is 0 Å². The molecule has 0 spiro atoms. The second-order valence-corrected chi connectivity index (χ2v) is 3.83. The molecule has 0 aromatic carbocycles. The molecule has 1 saturated heterocycles. The number of cyclic esters (lactones) is 1. The number of esters is 2. The molecular weight excluding hydrogens is 203 g/mol. The van der Waals surface area contributed by atoms with Crippen LogP contribution in [-0.4, -0.2) is 24.6 Å². The van der Waals surface area contributed by atoms with E-state index in [2.05, 4.69) is 6.58 Å². The Morgan fingerprint density at radius 2 is 2.27 bits per heavy atom. The van der Waals surface area contributed by atoms with Crippen molar-refractivity contribution in [2.24, 2.45) is 11.8 Å². The van der Waals surface area contributed by atoms with Crippen LogP contribution in [0.1, 0.15) is 12.8 Å². The molecule has 4 nitrogen and oxygen atoms in total. The molecule has 0 amide bonds. The first kappa shape index (κ1) is 10.1. The Morgan fingerprint density at radius 1 is 1.53 bits per heavy atom. The third kappa shape index (κ3) is 1.73. The van der Waals surface area contributed by atoms with Crippen LogP contribution in [0, 0.1) is 11.8 Å². The first-order valence-corrected chi connectivity index (χ1v) is 4.81. The van der Waals surface area contributed by atoms with Crippen LogP contribution in [0.15, 0.2) is 12.4 Å². The Hall–Kier alpha value is -1.39. The minimum Gasteiger partial charge on any atom is -0.465 e. The number of fused-ring (bicyclic) bond motifs is 1. The van der Waals surface area contributed by atoms with Crippen molar-refractivity contribution in [1.82, 2.24) is 0 Å². The maximum atomic E-state index is 12.4. The standard InChI is InChI=1S/C10H11FO4/c1-5(11)9(12)15-8-3-2-6-7(8)4-14-10(6)13/h6-8H,1-4H2. The van der Waals surface area contributed by atoms with Gasteiger partial charge in [0.15, 0.2) is 0 Å². The summed E-state index contributed by atoms with van der Waals surface area (Å²) in [5, 5.41) is 0. The normalized spacial score (nSPS) is 33.4. The second-order valence-electron chi connectivity index (χ2n) is 3.83. The zero-order valence-electron chi connectivity index (χ0n) is 8.07. The second kappa shape index (κ2) is 3.64. The zero-order chi connectivity index (χ0) is 11.0. The predicted octanol–water partition coefficient (Wildman–Crippen LogP) is 0.964. The van der Waals surface area contributed by atoms with Crippen molar-refractivity contribution >= 4 is 11.9 Å². The maximum absolute atomic E-state index is 12.4. The van der Waals surface area contributed by atoms with Gasteiger partial charge in [-0.2, -0.15) is 4.39 Å². The largest absolute Gasteiger partial charge is 0.465 e. The van der Waals surface area contributed by atoms with Gasteiger partial charge in [-0.05, 0) is 12.8 Å². The molecule has 0 aromatic heterocycles. The first-order chi connectivity index (χ1) is 7.09. The molecule has 1 aliphatic heterocycles. The smallest absolute Gasteiger partial charge is 0.366 e. The number of hydrogen-bond acceptors (Lipinski definition) is 4. The van der Waals surface area contributed by atoms with E-state index in [1.165, 1.54) is 0 Å². The van der Waals surface area contributed by atoms with E-state index in [0.717, 1.165) is 0 Å². The van der Waals surface area contributed by atoms with Crippen LogP contribution in [0.25, 0.3) is 0 Å². The van der Waals surface area contributed by atoms with E-state index < -0.39 is 17.9 Å². The highest BCUT2D eigenvalue weighted by Gasteiger charge is 2.48. The molecule has 3 atom stereocenters. The van der Waals surface area contributed by atoms with Crippen molar-refractivity contribution in [3.63, 3.8) is 0 Å². The molecule has 3 unspecified atom stereocenters. The van der Waals surface area contributed by atoms with Gasteiger partial charge in [-0.3, -0.25) is 4.79 Å². The van der Waals surface area contributed by atoms with E-state index in [9.17, 15) is 14.0 Å². The minimum atomic E-state index is -1.11. The fourth-order valence-corrected chi connectivity index (χ4v) is 2.18. The van der Waals surface area contributed by atoms with Crippen molar-refractivity contribution in [3.05, 3.63) is 12.4 Å². The summed E-state index contributed by atoms with van der Waals surface area (Å²) in [6.45, 7) is 3.12. The summed E-state index contributed by atoms with van der Waals surface area (Å²) in [5.41, 5.74) is 0. The Kier molecular flexibility index (Phi) is 2.46. The molecule has 82 valence electrons. The average molecular weight is 214 g/mol. The van der Waals surface area contributed by atoms with Crippen LogP contribution >= 0.6 is 0 Å². The van der Waals surface area contributed by atoms with Crippen molar-refractivity contribution in [1.29, 1.82) is 0 Å². The van der Waals surface area contributed by atoms with Crippen molar-refractivity contribution < 1.29 is 23.5 Å². The number of ether oxygens (including phenoxy) is 2. The molecule has 1 aliphatic carbocycles. The Bertz CT molecular complexity index is 325. The summed E-state index contributed by atoms with van der Waals surface area (Å²) < 4.78 is 22.1. The molecule has 15 heavy (non-hydrogen) atoms. The van der Waals surface area contributed by atoms with Gasteiger partial charge in [0.25, 0.3) is 0 Å². The van der Waals surface area contributed by atoms with E-state index >= 15 is 0 Å². The third-order valence-corrected chi connectivity index (χ3v) is 2.96. The highest BCUT2D eigenvalue weighted by Crippen LogP contribution is 2.39. The van der Waals surface area contributed by atoms with Gasteiger partial charge in [0.1, 0.15) is 6.10 Å². The molecule has 0 radical (unpaired) electrons. The van der Waals surface area contributed by atoms with Gasteiger partial charge in [0.2, 0.25) is 5.83 Å². The molecule has 0 bridgehead atoms. The molecule has 2 rings (SSSR count). The SMILES string of the molecule is C=C(F)C(=O)OC1CCC2C(=O)OCC12. The number of rotatable bonds is 2. The number of carbonyl (C=O) groups is 2. The van der Waals surface area contributed by atoms with Gasteiger partial charge in [-0.1, -0.05) is 6.58 Å². The Balaban J connectivity index is 1.98. The van der Waals surface area contributed by atoms with Crippen LogP contribution in [0.2, 0.25) is 0 Å². The van der Waals surface area contributed by atoms with Crippen LogP contribution in [0.3, 0.4) is 0 Å². The van der Waals surface area contributed by atoms with Gasteiger partial charge >= 0.3 is 11.9 Å². The average Bonchev–Trinajstić information content (AvgIpc) is 2.71. The van der Waals surface area contributed by atoms with E-state index in [1.807, 2.05) is 0 Å². The predicted molar refractivity (Wildman–Crippen MR) is 47.3 cm³/mol. The molecule has 2 fully saturated rings. The lowest BCUT2D eigenvalue weighted by Gasteiger charge is -2.15. The van der Waals surface area contributed by atoms with Crippen molar-refractivity contribution in [2.45, 2.75) is 18.9 Å². The minimum absolute atomic E-state index is 0.110. The van der Waals surface area contributed by atoms with Gasteiger partial charge in [-0.25, -0.2) is 4.79 Å². The molecule has 5 heteroatoms. The van der Waals surface area contributed by atoms with Gasteiger partial charge in [0.05, 0.1) is 12.5 Å². The summed E-state index contributed by atoms with van der Waals surface area (Å²) >= 11 is 0. The molecular formula is C10H11FO4. The molecule has 1 heterocycles. The van der Waals surface area contributed by atoms with Crippen LogP contribution in [0.4, 0.5) is 4.39 Å². The fourth-order valence-electron chi connectivity index (χ4n) is 2.18. The summed E-state index contributed by atoms with van der Waals surface area (Å²) in [4.78, 5) is 22.1. The van der Waals surface area contributed by atoms with E-state index in [4.69, 9.17) is 9.47 Å². The molecule has 0 N–H and O–H groups in total. The summed E-state index contributed by atoms with van der Waals surface area (Å²) in [6.07, 6.45) is 0.811. The van der Waals surface area contributed by atoms with E-state index in [0.29, 0.717) is 12.8 Å². The van der Waals surface area contributed by atoms with Crippen molar-refractivity contribution in [2.75, 3.05) is 6.61 Å². The van der Waals surface area contributed by atoms with Crippen LogP contribution < -0.4 is 0 Å². The quantitative estimate of drug-likeness (QED) is 0.507. The van der Waals surface area contributed by atoms with Gasteiger partial charge in [-0.15, -0.1) is 0 Å². The highest BCUT2D eigenvalue weighted by molar-refractivity contribution is 5.85. The Labute approximate surface area is 86.0 Å².